The Morgan fingerprint density at radius 3 is 2.62 bits per heavy atom. The predicted molar refractivity (Wildman–Crippen MR) is 80.7 cm³/mol. The van der Waals surface area contributed by atoms with Crippen molar-refractivity contribution in [3.8, 4) is 0 Å². The zero-order valence-electron chi connectivity index (χ0n) is 13.2. The number of carbonyl (C=O) groups is 2. The molecule has 3 atom stereocenters. The Kier molecular flexibility index (Phi) is 4.20. The Morgan fingerprint density at radius 1 is 1.05 bits per heavy atom. The fraction of sp³-hybridized carbons (Fsp3) is 0.875. The van der Waals surface area contributed by atoms with Crippen LogP contribution in [0.2, 0.25) is 0 Å². The zero-order chi connectivity index (χ0) is 15.0. The van der Waals surface area contributed by atoms with E-state index in [1.54, 1.807) is 0 Å². The molecule has 3 aliphatic rings. The van der Waals surface area contributed by atoms with Gasteiger partial charge < -0.3 is 10.2 Å². The minimum absolute atomic E-state index is 0.0167. The van der Waals surface area contributed by atoms with Crippen LogP contribution in [0.15, 0.2) is 0 Å². The van der Waals surface area contributed by atoms with Gasteiger partial charge in [0.1, 0.15) is 6.04 Å². The average Bonchev–Trinajstić information content (AvgIpc) is 2.82. The standard InChI is InChI=1S/C16H27N3O2/c1-11(2)15-16(21)19(10-7-14(20)17-15)13-6-9-18-8-4-3-5-12(13)18/h11-13,15H,3-10H2,1-2H3,(H,17,20). The number of nitrogens with zero attached hydrogens (tertiary/aromatic N) is 2. The third-order valence-corrected chi connectivity index (χ3v) is 5.33. The largest absolute Gasteiger partial charge is 0.344 e. The molecule has 0 radical (unpaired) electrons. The van der Waals surface area contributed by atoms with Gasteiger partial charge in [-0.1, -0.05) is 20.3 Å². The average molecular weight is 293 g/mol. The summed E-state index contributed by atoms with van der Waals surface area (Å²) in [6, 6.07) is 0.480. The third-order valence-electron chi connectivity index (χ3n) is 5.33. The van der Waals surface area contributed by atoms with Crippen molar-refractivity contribution in [3.05, 3.63) is 0 Å². The van der Waals surface area contributed by atoms with Crippen molar-refractivity contribution >= 4 is 11.8 Å². The molecule has 21 heavy (non-hydrogen) atoms. The highest BCUT2D eigenvalue weighted by Gasteiger charge is 2.43. The van der Waals surface area contributed by atoms with E-state index in [4.69, 9.17) is 0 Å². The molecule has 5 nitrogen and oxygen atoms in total. The van der Waals surface area contributed by atoms with E-state index in [-0.39, 0.29) is 23.8 Å². The monoisotopic (exact) mass is 293 g/mol. The van der Waals surface area contributed by atoms with Gasteiger partial charge >= 0.3 is 0 Å². The van der Waals surface area contributed by atoms with Crippen molar-refractivity contribution in [1.29, 1.82) is 0 Å². The van der Waals surface area contributed by atoms with Gasteiger partial charge in [0, 0.05) is 31.6 Å². The summed E-state index contributed by atoms with van der Waals surface area (Å²) < 4.78 is 0. The summed E-state index contributed by atoms with van der Waals surface area (Å²) in [6.07, 6.45) is 5.26. The minimum atomic E-state index is -0.349. The number of nitrogens with one attached hydrogen (secondary N) is 1. The van der Waals surface area contributed by atoms with Crippen molar-refractivity contribution in [2.45, 2.75) is 64.1 Å². The van der Waals surface area contributed by atoms with Gasteiger partial charge in [0.25, 0.3) is 0 Å². The second-order valence-electron chi connectivity index (χ2n) is 7.03. The molecule has 0 spiro atoms. The normalized spacial score (nSPS) is 34.8. The van der Waals surface area contributed by atoms with Crippen LogP contribution >= 0.6 is 0 Å². The molecule has 3 fully saturated rings. The van der Waals surface area contributed by atoms with Gasteiger partial charge in [0.15, 0.2) is 0 Å². The van der Waals surface area contributed by atoms with Crippen molar-refractivity contribution < 1.29 is 9.59 Å². The predicted octanol–water partition coefficient (Wildman–Crippen LogP) is 0.986. The van der Waals surface area contributed by atoms with E-state index >= 15 is 0 Å². The molecule has 3 heterocycles. The Morgan fingerprint density at radius 2 is 1.86 bits per heavy atom. The minimum Gasteiger partial charge on any atom is -0.344 e. The molecule has 3 aliphatic heterocycles. The molecular weight excluding hydrogens is 266 g/mol. The summed E-state index contributed by atoms with van der Waals surface area (Å²) in [5.74, 6) is 0.294. The molecule has 0 bridgehead atoms. The maximum atomic E-state index is 12.9. The van der Waals surface area contributed by atoms with Gasteiger partial charge in [-0.3, -0.25) is 14.5 Å². The second kappa shape index (κ2) is 5.95. The highest BCUT2D eigenvalue weighted by atomic mass is 16.2. The molecule has 0 aliphatic carbocycles. The van der Waals surface area contributed by atoms with Crippen molar-refractivity contribution in [3.63, 3.8) is 0 Å². The van der Waals surface area contributed by atoms with Crippen LogP contribution in [0.3, 0.4) is 0 Å². The molecule has 118 valence electrons. The molecule has 0 saturated carbocycles. The lowest BCUT2D eigenvalue weighted by molar-refractivity contribution is -0.137. The van der Waals surface area contributed by atoms with Gasteiger partial charge in [-0.15, -0.1) is 0 Å². The van der Waals surface area contributed by atoms with E-state index in [0.29, 0.717) is 25.0 Å². The molecule has 1 N–H and O–H groups in total. The van der Waals surface area contributed by atoms with E-state index in [2.05, 4.69) is 10.2 Å². The van der Waals surface area contributed by atoms with E-state index < -0.39 is 0 Å². The summed E-state index contributed by atoms with van der Waals surface area (Å²) >= 11 is 0. The summed E-state index contributed by atoms with van der Waals surface area (Å²) in [7, 11) is 0. The second-order valence-corrected chi connectivity index (χ2v) is 7.03. The van der Waals surface area contributed by atoms with E-state index in [1.807, 2.05) is 18.7 Å². The van der Waals surface area contributed by atoms with E-state index in [1.165, 1.54) is 25.8 Å². The Hall–Kier alpha value is -1.10. The first-order valence-corrected chi connectivity index (χ1v) is 8.42. The number of carbonyl (C=O) groups excluding carboxylic acids is 2. The molecule has 3 rings (SSSR count). The van der Waals surface area contributed by atoms with Gasteiger partial charge in [0.05, 0.1) is 0 Å². The molecule has 3 unspecified atom stereocenters. The topological polar surface area (TPSA) is 52.7 Å². The molecule has 3 saturated heterocycles. The fourth-order valence-corrected chi connectivity index (χ4v) is 4.18. The first-order valence-electron chi connectivity index (χ1n) is 8.42. The quantitative estimate of drug-likeness (QED) is 0.826. The van der Waals surface area contributed by atoms with Crippen LogP contribution in [-0.4, -0.2) is 59.4 Å². The van der Waals surface area contributed by atoms with Crippen LogP contribution in [0, 0.1) is 5.92 Å². The number of fused-ring (bicyclic) bond motifs is 1. The molecule has 2 amide bonds. The maximum Gasteiger partial charge on any atom is 0.245 e. The first-order chi connectivity index (χ1) is 10.1. The van der Waals surface area contributed by atoms with Gasteiger partial charge in [-0.25, -0.2) is 0 Å². The molecule has 5 heteroatoms. The van der Waals surface area contributed by atoms with Gasteiger partial charge in [0.2, 0.25) is 11.8 Å². The Balaban J connectivity index is 1.79. The van der Waals surface area contributed by atoms with Gasteiger partial charge in [-0.05, 0) is 31.7 Å². The summed E-state index contributed by atoms with van der Waals surface area (Å²) in [5.41, 5.74) is 0. The number of hydrogen-bond acceptors (Lipinski definition) is 3. The van der Waals surface area contributed by atoms with Crippen molar-refractivity contribution in [2.75, 3.05) is 19.6 Å². The van der Waals surface area contributed by atoms with Crippen molar-refractivity contribution in [1.82, 2.24) is 15.1 Å². The maximum absolute atomic E-state index is 12.9. The third kappa shape index (κ3) is 2.80. The fourth-order valence-electron chi connectivity index (χ4n) is 4.18. The molecular formula is C16H27N3O2. The lowest BCUT2D eigenvalue weighted by Gasteiger charge is -2.38. The lowest BCUT2D eigenvalue weighted by Crippen LogP contribution is -2.54. The summed E-state index contributed by atoms with van der Waals surface area (Å²) in [6.45, 7) is 6.88. The Bertz CT molecular complexity index is 424. The smallest absolute Gasteiger partial charge is 0.245 e. The first kappa shape index (κ1) is 14.8. The van der Waals surface area contributed by atoms with Crippen LogP contribution in [0.5, 0.6) is 0 Å². The summed E-state index contributed by atoms with van der Waals surface area (Å²) in [4.78, 5) is 29.3. The number of hydrogen-bond donors (Lipinski definition) is 1. The van der Waals surface area contributed by atoms with Gasteiger partial charge in [-0.2, -0.15) is 0 Å². The highest BCUT2D eigenvalue weighted by molar-refractivity contribution is 5.90. The lowest BCUT2D eigenvalue weighted by atomic mass is 9.96. The molecule has 0 aromatic rings. The van der Waals surface area contributed by atoms with E-state index in [0.717, 1.165) is 13.0 Å². The number of amides is 2. The van der Waals surface area contributed by atoms with Crippen LogP contribution in [0.1, 0.15) is 46.0 Å². The highest BCUT2D eigenvalue weighted by Crippen LogP contribution is 2.31. The summed E-state index contributed by atoms with van der Waals surface area (Å²) in [5, 5.41) is 2.91. The Labute approximate surface area is 127 Å². The SMILES string of the molecule is CC(C)C1NC(=O)CCN(C2CCN3CCCCC23)C1=O. The number of piperidine rings is 1. The van der Waals surface area contributed by atoms with Crippen LogP contribution in [0.4, 0.5) is 0 Å². The van der Waals surface area contributed by atoms with Crippen molar-refractivity contribution in [2.24, 2.45) is 5.92 Å². The van der Waals surface area contributed by atoms with Crippen LogP contribution in [0.25, 0.3) is 0 Å². The van der Waals surface area contributed by atoms with E-state index in [9.17, 15) is 9.59 Å². The molecule has 0 aromatic carbocycles. The van der Waals surface area contributed by atoms with Crippen LogP contribution < -0.4 is 5.32 Å². The zero-order valence-corrected chi connectivity index (χ0v) is 13.2. The molecule has 0 aromatic heterocycles. The van der Waals surface area contributed by atoms with Crippen LogP contribution in [-0.2, 0) is 9.59 Å². The number of rotatable bonds is 2.